The van der Waals surface area contributed by atoms with Crippen LogP contribution in [0.25, 0.3) is 11.2 Å². The van der Waals surface area contributed by atoms with Gasteiger partial charge in [-0.15, -0.1) is 0 Å². The Morgan fingerprint density at radius 3 is 2.96 bits per heavy atom. The van der Waals surface area contributed by atoms with E-state index in [4.69, 9.17) is 32.7 Å². The van der Waals surface area contributed by atoms with Crippen molar-refractivity contribution >= 4 is 40.2 Å². The molecule has 0 radical (unpaired) electrons. The Morgan fingerprint density at radius 1 is 1.43 bits per heavy atom. The summed E-state index contributed by atoms with van der Waals surface area (Å²) >= 11 is 11.8. The molecule has 10 nitrogen and oxygen atoms in total. The lowest BCUT2D eigenvalue weighted by molar-refractivity contribution is -0.0561. The third-order valence-electron chi connectivity index (χ3n) is 5.09. The number of alkyl halides is 1. The molecule has 28 heavy (non-hydrogen) atoms. The Balaban J connectivity index is 1.60. The van der Waals surface area contributed by atoms with Gasteiger partial charge in [0.05, 0.1) is 18.5 Å². The number of piperidine rings is 1. The van der Waals surface area contributed by atoms with E-state index < -0.39 is 24.0 Å². The fourth-order valence-corrected chi connectivity index (χ4v) is 4.05. The van der Waals surface area contributed by atoms with Crippen LogP contribution in [0.3, 0.4) is 0 Å². The summed E-state index contributed by atoms with van der Waals surface area (Å²) < 4.78 is 12.8. The van der Waals surface area contributed by atoms with Crippen molar-refractivity contribution in [2.75, 3.05) is 25.6 Å². The molecule has 2 aromatic heterocycles. The van der Waals surface area contributed by atoms with E-state index in [0.29, 0.717) is 23.5 Å². The fraction of sp³-hybridized carbons (Fsp3) is 0.688. The van der Waals surface area contributed by atoms with Crippen LogP contribution in [-0.2, 0) is 9.47 Å². The highest BCUT2D eigenvalue weighted by atomic mass is 35.5. The molecule has 0 spiro atoms. The van der Waals surface area contributed by atoms with Gasteiger partial charge in [0.1, 0.15) is 12.3 Å². The van der Waals surface area contributed by atoms with E-state index >= 15 is 0 Å². The van der Waals surface area contributed by atoms with E-state index in [0.717, 1.165) is 19.4 Å². The van der Waals surface area contributed by atoms with Gasteiger partial charge in [-0.1, -0.05) is 11.6 Å². The van der Waals surface area contributed by atoms with Crippen molar-refractivity contribution in [2.45, 2.75) is 49.4 Å². The van der Waals surface area contributed by atoms with Gasteiger partial charge in [0, 0.05) is 26.6 Å². The van der Waals surface area contributed by atoms with Crippen LogP contribution in [0.15, 0.2) is 6.33 Å². The van der Waals surface area contributed by atoms with Gasteiger partial charge in [-0.25, -0.2) is 9.99 Å². The maximum Gasteiger partial charge on any atom is 0.226 e. The maximum absolute atomic E-state index is 10.1. The first-order chi connectivity index (χ1) is 13.5. The van der Waals surface area contributed by atoms with Gasteiger partial charge < -0.3 is 25.1 Å². The molecule has 4 heterocycles. The second-order valence-corrected chi connectivity index (χ2v) is 7.74. The summed E-state index contributed by atoms with van der Waals surface area (Å²) in [6, 6.07) is 0. The number of aliphatic hydroxyl groups is 2. The van der Waals surface area contributed by atoms with Crippen LogP contribution in [0.1, 0.15) is 25.5 Å². The molecule has 0 aliphatic carbocycles. The van der Waals surface area contributed by atoms with Gasteiger partial charge >= 0.3 is 0 Å². The van der Waals surface area contributed by atoms with Crippen molar-refractivity contribution in [3.05, 3.63) is 11.6 Å². The number of methoxy groups -OCH3 is 1. The molecule has 2 saturated heterocycles. The zero-order chi connectivity index (χ0) is 19.8. The standard InChI is InChI=1S/C16H22Cl2N6O4/c1-27-8-3-2-4-23(6-8)22-14-11-15(21-16(18)20-14)24(7-19-11)10-5-9(25)12(28-10)13(17)26/h7-10,12-13,25-26H,2-6H2,1H3,(H,20,21,22)/t8?,9-,10+,12-,13?/m0/s1. The quantitative estimate of drug-likeness (QED) is 0.471. The third kappa shape index (κ3) is 3.90. The van der Waals surface area contributed by atoms with Crippen LogP contribution in [0, 0.1) is 0 Å². The van der Waals surface area contributed by atoms with Crippen LogP contribution in [0.5, 0.6) is 0 Å². The lowest BCUT2D eigenvalue weighted by atomic mass is 10.1. The van der Waals surface area contributed by atoms with Crippen molar-refractivity contribution < 1.29 is 19.7 Å². The minimum absolute atomic E-state index is 0.0597. The van der Waals surface area contributed by atoms with Gasteiger partial charge in [0.2, 0.25) is 5.28 Å². The van der Waals surface area contributed by atoms with E-state index in [1.165, 1.54) is 0 Å². The lowest BCUT2D eigenvalue weighted by Crippen LogP contribution is -2.42. The van der Waals surface area contributed by atoms with E-state index in [1.54, 1.807) is 18.0 Å². The van der Waals surface area contributed by atoms with Crippen molar-refractivity contribution in [3.63, 3.8) is 0 Å². The van der Waals surface area contributed by atoms with Gasteiger partial charge in [0.25, 0.3) is 0 Å². The molecule has 3 N–H and O–H groups in total. The lowest BCUT2D eigenvalue weighted by Gasteiger charge is -2.32. The normalized spacial score (nSPS) is 30.0. The number of aromatic nitrogens is 4. The number of aliphatic hydroxyl groups excluding tert-OH is 2. The molecule has 0 amide bonds. The fourth-order valence-electron chi connectivity index (χ4n) is 3.66. The molecule has 2 fully saturated rings. The van der Waals surface area contributed by atoms with Crippen molar-refractivity contribution in [3.8, 4) is 0 Å². The largest absolute Gasteiger partial charge is 0.390 e. The highest BCUT2D eigenvalue weighted by Gasteiger charge is 2.39. The average Bonchev–Trinajstić information content (AvgIpc) is 3.25. The second-order valence-electron chi connectivity index (χ2n) is 6.95. The third-order valence-corrected chi connectivity index (χ3v) is 5.50. The number of hydrazine groups is 1. The van der Waals surface area contributed by atoms with E-state index in [1.807, 2.05) is 5.01 Å². The monoisotopic (exact) mass is 432 g/mol. The summed E-state index contributed by atoms with van der Waals surface area (Å²) in [5, 5.41) is 21.7. The summed E-state index contributed by atoms with van der Waals surface area (Å²) in [6.45, 7) is 1.56. The van der Waals surface area contributed by atoms with E-state index in [-0.39, 0.29) is 17.8 Å². The minimum atomic E-state index is -1.31. The van der Waals surface area contributed by atoms with E-state index in [9.17, 15) is 10.2 Å². The number of anilines is 1. The molecule has 0 bridgehead atoms. The molecule has 2 unspecified atom stereocenters. The average molecular weight is 433 g/mol. The molecule has 5 atom stereocenters. The number of imidazole rings is 1. The van der Waals surface area contributed by atoms with Gasteiger partial charge in [0.15, 0.2) is 22.5 Å². The number of hydrogen-bond acceptors (Lipinski definition) is 9. The molecule has 0 saturated carbocycles. The highest BCUT2D eigenvalue weighted by Crippen LogP contribution is 2.34. The number of ether oxygens (including phenoxy) is 2. The number of nitrogens with one attached hydrogen (secondary N) is 1. The SMILES string of the molecule is COC1CCCN(Nc2nc(Cl)nc3c2ncn3[C@H]2C[C@H](O)[C@@H](C(O)Cl)O2)C1. The van der Waals surface area contributed by atoms with Crippen LogP contribution >= 0.6 is 23.2 Å². The summed E-state index contributed by atoms with van der Waals surface area (Å²) in [4.78, 5) is 13.0. The predicted octanol–water partition coefficient (Wildman–Crippen LogP) is 1.12. The molecule has 2 aromatic rings. The van der Waals surface area contributed by atoms with Gasteiger partial charge in [-0.05, 0) is 24.4 Å². The number of fused-ring (bicyclic) bond motifs is 1. The molecular formula is C16H22Cl2N6O4. The van der Waals surface area contributed by atoms with Crippen LogP contribution in [0.4, 0.5) is 5.82 Å². The number of hydrogen-bond donors (Lipinski definition) is 3. The topological polar surface area (TPSA) is 118 Å². The highest BCUT2D eigenvalue weighted by molar-refractivity contribution is 6.28. The summed E-state index contributed by atoms with van der Waals surface area (Å²) in [6.07, 6.45) is 1.59. The summed E-state index contributed by atoms with van der Waals surface area (Å²) in [5.74, 6) is 0.484. The first kappa shape index (κ1) is 20.0. The Bertz CT molecular complexity index is 837. The Morgan fingerprint density at radius 2 is 2.25 bits per heavy atom. The Labute approximate surface area is 171 Å². The predicted molar refractivity (Wildman–Crippen MR) is 102 cm³/mol. The Hall–Kier alpha value is -1.27. The molecule has 2 aliphatic rings. The van der Waals surface area contributed by atoms with Crippen LogP contribution in [0.2, 0.25) is 5.28 Å². The summed E-state index contributed by atoms with van der Waals surface area (Å²) in [5.41, 5.74) is 2.94. The van der Waals surface area contributed by atoms with Crippen molar-refractivity contribution in [1.29, 1.82) is 0 Å². The Kier molecular flexibility index (Phi) is 5.88. The first-order valence-corrected chi connectivity index (χ1v) is 9.88. The molecule has 2 aliphatic heterocycles. The van der Waals surface area contributed by atoms with Crippen LogP contribution < -0.4 is 5.43 Å². The summed E-state index contributed by atoms with van der Waals surface area (Å²) in [7, 11) is 1.71. The maximum atomic E-state index is 10.1. The smallest absolute Gasteiger partial charge is 0.226 e. The molecular weight excluding hydrogens is 411 g/mol. The number of halogens is 2. The minimum Gasteiger partial charge on any atom is -0.390 e. The van der Waals surface area contributed by atoms with Crippen molar-refractivity contribution in [2.24, 2.45) is 0 Å². The zero-order valence-electron chi connectivity index (χ0n) is 15.2. The number of rotatable bonds is 5. The molecule has 4 rings (SSSR count). The zero-order valence-corrected chi connectivity index (χ0v) is 16.7. The van der Waals surface area contributed by atoms with E-state index in [2.05, 4.69) is 20.4 Å². The van der Waals surface area contributed by atoms with Gasteiger partial charge in [-0.2, -0.15) is 9.97 Å². The second kappa shape index (κ2) is 8.23. The van der Waals surface area contributed by atoms with Gasteiger partial charge in [-0.3, -0.25) is 4.57 Å². The molecule has 154 valence electrons. The first-order valence-electron chi connectivity index (χ1n) is 9.06. The molecule has 12 heteroatoms. The number of nitrogens with zero attached hydrogens (tertiary/aromatic N) is 5. The van der Waals surface area contributed by atoms with Crippen molar-refractivity contribution in [1.82, 2.24) is 24.5 Å². The van der Waals surface area contributed by atoms with Crippen LogP contribution in [-0.4, -0.2) is 78.8 Å². The molecule has 0 aromatic carbocycles.